The highest BCUT2D eigenvalue weighted by Gasteiger charge is 2.13. The zero-order valence-corrected chi connectivity index (χ0v) is 13.3. The van der Waals surface area contributed by atoms with Crippen molar-refractivity contribution < 1.29 is 9.53 Å². The number of fused-ring (bicyclic) bond motifs is 1. The molecule has 108 valence electrons. The number of nitrogens with zero attached hydrogens (tertiary/aromatic N) is 2. The predicted molar refractivity (Wildman–Crippen MR) is 87.0 cm³/mol. The second-order valence-electron chi connectivity index (χ2n) is 4.70. The summed E-state index contributed by atoms with van der Waals surface area (Å²) in [5, 5.41) is 10.2. The topological polar surface area (TPSA) is 55.0 Å². The van der Waals surface area contributed by atoms with Gasteiger partial charge >= 0.3 is 5.97 Å². The van der Waals surface area contributed by atoms with Gasteiger partial charge in [-0.25, -0.2) is 4.79 Å². The van der Waals surface area contributed by atoms with Crippen LogP contribution >= 0.6 is 15.9 Å². The van der Waals surface area contributed by atoms with E-state index in [-0.39, 0.29) is 0 Å². The summed E-state index contributed by atoms with van der Waals surface area (Å²) >= 11 is 3.39. The van der Waals surface area contributed by atoms with Crippen LogP contribution in [0.1, 0.15) is 15.9 Å². The smallest absolute Gasteiger partial charge is 0.339 e. The van der Waals surface area contributed by atoms with E-state index in [0.717, 1.165) is 16.6 Å². The lowest BCUT2D eigenvalue weighted by Gasteiger charge is -2.08. The summed E-state index contributed by atoms with van der Waals surface area (Å²) in [7, 11) is 1.35. The predicted octanol–water partition coefficient (Wildman–Crippen LogP) is 4.05. The van der Waals surface area contributed by atoms with Crippen molar-refractivity contribution in [2.75, 3.05) is 7.11 Å². The summed E-state index contributed by atoms with van der Waals surface area (Å²) in [6.45, 7) is 0. The highest BCUT2D eigenvalue weighted by molar-refractivity contribution is 9.10. The molecule has 0 aliphatic heterocycles. The third-order valence-corrected chi connectivity index (χ3v) is 4.12. The van der Waals surface area contributed by atoms with Gasteiger partial charge in [-0.1, -0.05) is 18.2 Å². The molecule has 0 fully saturated rings. The van der Waals surface area contributed by atoms with Crippen molar-refractivity contribution in [2.24, 2.45) is 0 Å². The van der Waals surface area contributed by atoms with E-state index < -0.39 is 5.97 Å². The second-order valence-corrected chi connectivity index (χ2v) is 5.55. The van der Waals surface area contributed by atoms with E-state index in [4.69, 9.17) is 4.74 Å². The quantitative estimate of drug-likeness (QED) is 0.652. The number of halogens is 1. The summed E-state index contributed by atoms with van der Waals surface area (Å²) in [6, 6.07) is 15.3. The van der Waals surface area contributed by atoms with E-state index in [0.29, 0.717) is 15.6 Å². The maximum Gasteiger partial charge on any atom is 0.339 e. The fourth-order valence-electron chi connectivity index (χ4n) is 2.41. The molecule has 3 aromatic rings. The first-order chi connectivity index (χ1) is 10.7. The Balaban J connectivity index is 2.19. The summed E-state index contributed by atoms with van der Waals surface area (Å²) in [5.41, 5.74) is 2.88. The Bertz CT molecular complexity index is 922. The molecule has 0 amide bonds. The van der Waals surface area contributed by atoms with E-state index in [2.05, 4.69) is 22.0 Å². The fraction of sp³-hybridized carbons (Fsp3) is 0.0588. The minimum Gasteiger partial charge on any atom is -0.465 e. The zero-order chi connectivity index (χ0) is 15.7. The van der Waals surface area contributed by atoms with E-state index in [1.54, 1.807) is 12.3 Å². The molecule has 0 aliphatic carbocycles. The average Bonchev–Trinajstić information content (AvgIpc) is 2.93. The Kier molecular flexibility index (Phi) is 3.70. The molecule has 0 atom stereocenters. The van der Waals surface area contributed by atoms with Crippen molar-refractivity contribution in [3.8, 4) is 11.8 Å². The molecule has 0 aliphatic rings. The molecule has 3 rings (SSSR count). The number of esters is 1. The number of carbonyl (C=O) groups is 1. The molecular formula is C17H11BrN2O2. The highest BCUT2D eigenvalue weighted by atomic mass is 79.9. The minimum atomic E-state index is -0.395. The van der Waals surface area contributed by atoms with Crippen LogP contribution in [-0.4, -0.2) is 17.6 Å². The lowest BCUT2D eigenvalue weighted by Crippen LogP contribution is -2.03. The van der Waals surface area contributed by atoms with Crippen LogP contribution in [0.3, 0.4) is 0 Å². The molecule has 22 heavy (non-hydrogen) atoms. The Labute approximate surface area is 135 Å². The van der Waals surface area contributed by atoms with Crippen LogP contribution in [-0.2, 0) is 4.74 Å². The molecule has 0 unspecified atom stereocenters. The summed E-state index contributed by atoms with van der Waals surface area (Å²) in [5.74, 6) is -0.395. The molecule has 0 radical (unpaired) electrons. The van der Waals surface area contributed by atoms with Gasteiger partial charge in [0.1, 0.15) is 6.07 Å². The van der Waals surface area contributed by atoms with Gasteiger partial charge in [0.05, 0.1) is 23.8 Å². The number of aromatic nitrogens is 1. The molecule has 1 heterocycles. The van der Waals surface area contributed by atoms with E-state index in [1.807, 2.05) is 41.0 Å². The third-order valence-electron chi connectivity index (χ3n) is 3.47. The van der Waals surface area contributed by atoms with Crippen LogP contribution in [0, 0.1) is 11.3 Å². The average molecular weight is 355 g/mol. The first-order valence-electron chi connectivity index (χ1n) is 6.54. The number of ether oxygens (including phenoxy) is 1. The molecule has 0 saturated carbocycles. The fourth-order valence-corrected chi connectivity index (χ4v) is 2.94. The molecular weight excluding hydrogens is 344 g/mol. The minimum absolute atomic E-state index is 0.395. The summed E-state index contributed by atoms with van der Waals surface area (Å²) in [6.07, 6.45) is 1.80. The first kappa shape index (κ1) is 14.4. The van der Waals surface area contributed by atoms with Gasteiger partial charge in [-0.3, -0.25) is 0 Å². The van der Waals surface area contributed by atoms with Crippen molar-refractivity contribution in [2.45, 2.75) is 0 Å². The van der Waals surface area contributed by atoms with Crippen molar-refractivity contribution in [1.29, 1.82) is 5.26 Å². The monoisotopic (exact) mass is 354 g/mol. The van der Waals surface area contributed by atoms with Crippen molar-refractivity contribution >= 4 is 32.8 Å². The number of rotatable bonds is 2. The van der Waals surface area contributed by atoms with Crippen LogP contribution in [0.25, 0.3) is 16.6 Å². The molecule has 0 N–H and O–H groups in total. The standard InChI is InChI=1S/C17H11BrN2O2/c1-22-17(21)14-7-6-12(8-15(14)18)20-10-11(9-19)13-4-2-3-5-16(13)20/h2-8,10H,1H3. The third kappa shape index (κ3) is 2.28. The lowest BCUT2D eigenvalue weighted by atomic mass is 10.2. The Morgan fingerprint density at radius 3 is 2.73 bits per heavy atom. The second kappa shape index (κ2) is 5.66. The Morgan fingerprint density at radius 2 is 2.05 bits per heavy atom. The van der Waals surface area contributed by atoms with Crippen LogP contribution in [0.4, 0.5) is 0 Å². The number of hydrogen-bond acceptors (Lipinski definition) is 3. The summed E-state index contributed by atoms with van der Waals surface area (Å²) in [4.78, 5) is 11.6. The van der Waals surface area contributed by atoms with E-state index in [1.165, 1.54) is 7.11 Å². The zero-order valence-electron chi connectivity index (χ0n) is 11.7. The number of benzene rings is 2. The van der Waals surface area contributed by atoms with Crippen molar-refractivity contribution in [3.05, 3.63) is 64.3 Å². The largest absolute Gasteiger partial charge is 0.465 e. The van der Waals surface area contributed by atoms with E-state index in [9.17, 15) is 10.1 Å². The first-order valence-corrected chi connectivity index (χ1v) is 7.33. The van der Waals surface area contributed by atoms with Gasteiger partial charge in [-0.2, -0.15) is 5.26 Å². The van der Waals surface area contributed by atoms with Gasteiger partial charge < -0.3 is 9.30 Å². The van der Waals surface area contributed by atoms with Crippen LogP contribution in [0.2, 0.25) is 0 Å². The molecule has 0 spiro atoms. The Hall–Kier alpha value is -2.58. The van der Waals surface area contributed by atoms with Crippen molar-refractivity contribution in [3.63, 3.8) is 0 Å². The molecule has 5 heteroatoms. The van der Waals surface area contributed by atoms with Gasteiger partial charge in [0.15, 0.2) is 0 Å². The number of para-hydroxylation sites is 1. The maximum atomic E-state index is 11.6. The molecule has 0 bridgehead atoms. The number of nitriles is 1. The van der Waals surface area contributed by atoms with Crippen LogP contribution < -0.4 is 0 Å². The van der Waals surface area contributed by atoms with Gasteiger partial charge in [0, 0.05) is 21.7 Å². The van der Waals surface area contributed by atoms with Gasteiger partial charge in [0.25, 0.3) is 0 Å². The van der Waals surface area contributed by atoms with Crippen LogP contribution in [0.5, 0.6) is 0 Å². The number of methoxy groups -OCH3 is 1. The van der Waals surface area contributed by atoms with Gasteiger partial charge in [-0.05, 0) is 40.2 Å². The summed E-state index contributed by atoms with van der Waals surface area (Å²) < 4.78 is 7.31. The molecule has 2 aromatic carbocycles. The van der Waals surface area contributed by atoms with Gasteiger partial charge in [0.2, 0.25) is 0 Å². The molecule has 0 saturated heterocycles. The lowest BCUT2D eigenvalue weighted by molar-refractivity contribution is 0.0599. The normalized spacial score (nSPS) is 10.4. The van der Waals surface area contributed by atoms with Gasteiger partial charge in [-0.15, -0.1) is 0 Å². The number of hydrogen-bond donors (Lipinski definition) is 0. The van der Waals surface area contributed by atoms with E-state index >= 15 is 0 Å². The SMILES string of the molecule is COC(=O)c1ccc(-n2cc(C#N)c3ccccc32)cc1Br. The molecule has 1 aromatic heterocycles. The maximum absolute atomic E-state index is 11.6. The molecule has 4 nitrogen and oxygen atoms in total. The number of carbonyl (C=O) groups excluding carboxylic acids is 1. The van der Waals surface area contributed by atoms with Crippen molar-refractivity contribution in [1.82, 2.24) is 4.57 Å². The Morgan fingerprint density at radius 1 is 1.27 bits per heavy atom. The highest BCUT2D eigenvalue weighted by Crippen LogP contribution is 2.27. The van der Waals surface area contributed by atoms with Crippen LogP contribution in [0.15, 0.2) is 53.1 Å².